The maximum Gasteiger partial charge on any atom is 0.330 e. The molecule has 9 nitrogen and oxygen atoms in total. The Hall–Kier alpha value is -3.59. The van der Waals surface area contributed by atoms with Crippen LogP contribution in [0.25, 0.3) is 0 Å². The Bertz CT molecular complexity index is 839. The van der Waals surface area contributed by atoms with E-state index in [-0.39, 0.29) is 5.56 Å². The number of carbonyl (C=O) groups excluding carboxylic acids is 2. The smallest absolute Gasteiger partial charge is 0.330 e. The highest BCUT2D eigenvalue weighted by Crippen LogP contribution is 2.25. The molecule has 27 heavy (non-hydrogen) atoms. The second-order valence-electron chi connectivity index (χ2n) is 5.52. The van der Waals surface area contributed by atoms with E-state index in [1.165, 1.54) is 18.2 Å². The first-order valence-electron chi connectivity index (χ1n) is 7.88. The van der Waals surface area contributed by atoms with Crippen molar-refractivity contribution < 1.29 is 34.8 Å². The minimum Gasteiger partial charge on any atom is -0.504 e. The summed E-state index contributed by atoms with van der Waals surface area (Å²) in [5.41, 5.74) is 0.178. The lowest BCUT2D eigenvalue weighted by molar-refractivity contribution is -0.139. The van der Waals surface area contributed by atoms with Gasteiger partial charge < -0.3 is 25.7 Å². The number of carbonyl (C=O) groups is 3. The fourth-order valence-corrected chi connectivity index (χ4v) is 2.34. The van der Waals surface area contributed by atoms with Crippen LogP contribution in [-0.2, 0) is 4.79 Å². The number of aromatic hydroxyl groups is 2. The summed E-state index contributed by atoms with van der Waals surface area (Å²) in [5.74, 6) is -3.21. The number of phenolic OH excluding ortho intramolecular Hbond substituents is 2. The molecule has 2 rings (SSSR count). The summed E-state index contributed by atoms with van der Waals surface area (Å²) in [4.78, 5) is 37.2. The Morgan fingerprint density at radius 1 is 1.00 bits per heavy atom. The quantitative estimate of drug-likeness (QED) is 0.475. The maximum absolute atomic E-state index is 12.5. The number of phenols is 2. The average Bonchev–Trinajstić information content (AvgIpc) is 2.66. The number of nitrogens with zero attached hydrogens (tertiary/aromatic N) is 1. The Morgan fingerprint density at radius 3 is 2.22 bits per heavy atom. The number of urea groups is 1. The van der Waals surface area contributed by atoms with Crippen LogP contribution < -0.4 is 5.32 Å². The molecule has 1 unspecified atom stereocenters. The predicted octanol–water partition coefficient (Wildman–Crippen LogP) is 1.07. The van der Waals surface area contributed by atoms with Gasteiger partial charge in [0.05, 0.1) is 13.2 Å². The summed E-state index contributed by atoms with van der Waals surface area (Å²) < 4.78 is 0. The largest absolute Gasteiger partial charge is 0.504 e. The second kappa shape index (κ2) is 8.68. The molecule has 0 spiro atoms. The molecule has 0 saturated carbocycles. The van der Waals surface area contributed by atoms with Crippen LogP contribution in [0.4, 0.5) is 4.79 Å². The molecule has 0 bridgehead atoms. The molecule has 142 valence electrons. The predicted molar refractivity (Wildman–Crippen MR) is 93.2 cm³/mol. The van der Waals surface area contributed by atoms with Gasteiger partial charge in [0.2, 0.25) is 0 Å². The number of rotatable bonds is 6. The molecule has 0 aliphatic rings. The van der Waals surface area contributed by atoms with Crippen LogP contribution in [0, 0.1) is 0 Å². The SMILES string of the molecule is O=C(O)C(NC(=O)N(CCO)C(=O)c1ccc(O)c(O)c1)c1ccccc1. The van der Waals surface area contributed by atoms with Gasteiger partial charge in [0.15, 0.2) is 17.5 Å². The number of aliphatic hydroxyl groups is 1. The lowest BCUT2D eigenvalue weighted by Gasteiger charge is -2.23. The highest BCUT2D eigenvalue weighted by molar-refractivity contribution is 6.05. The minimum absolute atomic E-state index is 0.125. The summed E-state index contributed by atoms with van der Waals surface area (Å²) >= 11 is 0. The van der Waals surface area contributed by atoms with Crippen LogP contribution in [0.2, 0.25) is 0 Å². The van der Waals surface area contributed by atoms with E-state index in [1.807, 2.05) is 0 Å². The topological polar surface area (TPSA) is 147 Å². The zero-order chi connectivity index (χ0) is 20.0. The number of imide groups is 1. The van der Waals surface area contributed by atoms with Crippen molar-refractivity contribution in [2.45, 2.75) is 6.04 Å². The number of hydrogen-bond acceptors (Lipinski definition) is 6. The van der Waals surface area contributed by atoms with Gasteiger partial charge >= 0.3 is 12.0 Å². The molecule has 2 aromatic carbocycles. The molecule has 3 amide bonds. The van der Waals surface area contributed by atoms with Crippen LogP contribution in [0.15, 0.2) is 48.5 Å². The molecule has 0 radical (unpaired) electrons. The highest BCUT2D eigenvalue weighted by atomic mass is 16.4. The number of hydrogen-bond donors (Lipinski definition) is 5. The standard InChI is InChI=1S/C18H18N2O7/c21-9-8-20(16(24)12-6-7-13(22)14(23)10-12)18(27)19-15(17(25)26)11-4-2-1-3-5-11/h1-7,10,15,21-23H,8-9H2,(H,19,27)(H,25,26). The highest BCUT2D eigenvalue weighted by Gasteiger charge is 2.28. The van der Waals surface area contributed by atoms with Crippen LogP contribution in [-0.4, -0.2) is 56.4 Å². The number of aliphatic hydroxyl groups excluding tert-OH is 1. The van der Waals surface area contributed by atoms with Gasteiger partial charge in [-0.05, 0) is 23.8 Å². The number of amides is 3. The van der Waals surface area contributed by atoms with E-state index in [1.54, 1.807) is 18.2 Å². The Morgan fingerprint density at radius 2 is 1.67 bits per heavy atom. The van der Waals surface area contributed by atoms with Crippen LogP contribution in [0.3, 0.4) is 0 Å². The summed E-state index contributed by atoms with van der Waals surface area (Å²) in [5, 5.41) is 39.6. The first kappa shape index (κ1) is 19.7. The van der Waals surface area contributed by atoms with Gasteiger partial charge in [-0.15, -0.1) is 0 Å². The van der Waals surface area contributed by atoms with E-state index in [9.17, 15) is 29.7 Å². The van der Waals surface area contributed by atoms with Crippen LogP contribution >= 0.6 is 0 Å². The summed E-state index contributed by atoms with van der Waals surface area (Å²) in [7, 11) is 0. The van der Waals surface area contributed by atoms with Crippen molar-refractivity contribution >= 4 is 17.9 Å². The third kappa shape index (κ3) is 4.73. The number of nitrogens with one attached hydrogen (secondary N) is 1. The van der Waals surface area contributed by atoms with E-state index in [4.69, 9.17) is 5.11 Å². The molecule has 0 aromatic heterocycles. The molecule has 0 aliphatic heterocycles. The maximum atomic E-state index is 12.5. The van der Waals surface area contributed by atoms with Crippen molar-refractivity contribution in [2.75, 3.05) is 13.2 Å². The normalized spacial score (nSPS) is 11.4. The Labute approximate surface area is 154 Å². The average molecular weight is 374 g/mol. The lowest BCUT2D eigenvalue weighted by Crippen LogP contribution is -2.47. The number of benzene rings is 2. The number of carboxylic acid groups (broad SMARTS) is 1. The fourth-order valence-electron chi connectivity index (χ4n) is 2.34. The molecule has 1 atom stereocenters. The molecule has 5 N–H and O–H groups in total. The van der Waals surface area contributed by atoms with Gasteiger partial charge in [0, 0.05) is 5.56 Å². The molecule has 0 heterocycles. The molecule has 0 fully saturated rings. The van der Waals surface area contributed by atoms with Crippen molar-refractivity contribution in [2.24, 2.45) is 0 Å². The van der Waals surface area contributed by atoms with E-state index in [2.05, 4.69) is 5.32 Å². The monoisotopic (exact) mass is 374 g/mol. The minimum atomic E-state index is -1.40. The Balaban J connectivity index is 2.26. The van der Waals surface area contributed by atoms with Crippen molar-refractivity contribution in [3.63, 3.8) is 0 Å². The van der Waals surface area contributed by atoms with Gasteiger partial charge in [-0.1, -0.05) is 30.3 Å². The molecule has 0 saturated heterocycles. The second-order valence-corrected chi connectivity index (χ2v) is 5.52. The first-order chi connectivity index (χ1) is 12.8. The van der Waals surface area contributed by atoms with Gasteiger partial charge in [-0.3, -0.25) is 9.69 Å². The Kier molecular flexibility index (Phi) is 6.34. The molecule has 9 heteroatoms. The van der Waals surface area contributed by atoms with Gasteiger partial charge in [-0.25, -0.2) is 9.59 Å². The van der Waals surface area contributed by atoms with Crippen molar-refractivity contribution in [3.8, 4) is 11.5 Å². The third-order valence-corrected chi connectivity index (χ3v) is 3.68. The van der Waals surface area contributed by atoms with Crippen molar-refractivity contribution in [1.82, 2.24) is 10.2 Å². The molecule has 0 aliphatic carbocycles. The molecular formula is C18H18N2O7. The zero-order valence-corrected chi connectivity index (χ0v) is 14.1. The number of aliphatic carboxylic acids is 1. The third-order valence-electron chi connectivity index (χ3n) is 3.68. The molecule has 2 aromatic rings. The molecular weight excluding hydrogens is 356 g/mol. The van der Waals surface area contributed by atoms with E-state index in [0.717, 1.165) is 12.1 Å². The van der Waals surface area contributed by atoms with Gasteiger partial charge in [0.25, 0.3) is 5.91 Å². The van der Waals surface area contributed by atoms with Crippen molar-refractivity contribution in [3.05, 3.63) is 59.7 Å². The first-order valence-corrected chi connectivity index (χ1v) is 7.88. The zero-order valence-electron chi connectivity index (χ0n) is 14.1. The number of carboxylic acids is 1. The van der Waals surface area contributed by atoms with E-state index in [0.29, 0.717) is 10.5 Å². The fraction of sp³-hybridized carbons (Fsp3) is 0.167. The van der Waals surface area contributed by atoms with E-state index >= 15 is 0 Å². The summed E-state index contributed by atoms with van der Waals surface area (Å²) in [6, 6.07) is 8.69. The van der Waals surface area contributed by atoms with Crippen LogP contribution in [0.1, 0.15) is 22.0 Å². The van der Waals surface area contributed by atoms with Crippen LogP contribution in [0.5, 0.6) is 11.5 Å². The lowest BCUT2D eigenvalue weighted by atomic mass is 10.1. The summed E-state index contributed by atoms with van der Waals surface area (Å²) in [6.07, 6.45) is 0. The van der Waals surface area contributed by atoms with E-state index < -0.39 is 48.6 Å². The summed E-state index contributed by atoms with van der Waals surface area (Å²) in [6.45, 7) is -0.945. The van der Waals surface area contributed by atoms with Crippen molar-refractivity contribution in [1.29, 1.82) is 0 Å². The van der Waals surface area contributed by atoms with Gasteiger partial charge in [0.1, 0.15) is 0 Å². The van der Waals surface area contributed by atoms with Gasteiger partial charge in [-0.2, -0.15) is 0 Å².